The quantitative estimate of drug-likeness (QED) is 0.670. The summed E-state index contributed by atoms with van der Waals surface area (Å²) in [6.45, 7) is 3.81. The molecule has 1 heterocycles. The molecule has 0 spiro atoms. The van der Waals surface area contributed by atoms with Crippen LogP contribution < -0.4 is 11.1 Å². The molecule has 0 saturated carbocycles. The van der Waals surface area contributed by atoms with Gasteiger partial charge in [0, 0.05) is 29.5 Å². The van der Waals surface area contributed by atoms with Crippen molar-refractivity contribution in [3.63, 3.8) is 0 Å². The van der Waals surface area contributed by atoms with Gasteiger partial charge in [-0.25, -0.2) is 0 Å². The van der Waals surface area contributed by atoms with Gasteiger partial charge in [-0.2, -0.15) is 5.10 Å². The number of aromatic nitrogens is 2. The van der Waals surface area contributed by atoms with Crippen molar-refractivity contribution in [2.24, 2.45) is 7.05 Å². The molecular weight excluding hydrogens is 272 g/mol. The monoisotopic (exact) mass is 290 g/mol. The number of thioether (sulfide) groups is 1. The average Bonchev–Trinajstić information content (AvgIpc) is 2.79. The Bertz CT molecular complexity index is 623. The van der Waals surface area contributed by atoms with Gasteiger partial charge in [0.25, 0.3) is 0 Å². The Labute approximate surface area is 122 Å². The molecular formula is C14H18N4OS. The van der Waals surface area contributed by atoms with E-state index in [4.69, 9.17) is 5.73 Å². The van der Waals surface area contributed by atoms with E-state index in [1.165, 1.54) is 11.8 Å². The van der Waals surface area contributed by atoms with Crippen LogP contribution in [0.25, 0.3) is 0 Å². The van der Waals surface area contributed by atoms with E-state index in [0.717, 1.165) is 16.1 Å². The van der Waals surface area contributed by atoms with E-state index in [1.807, 2.05) is 39.2 Å². The van der Waals surface area contributed by atoms with Crippen LogP contribution >= 0.6 is 11.8 Å². The third-order valence-corrected chi connectivity index (χ3v) is 3.93. The summed E-state index contributed by atoms with van der Waals surface area (Å²) in [4.78, 5) is 13.2. The van der Waals surface area contributed by atoms with Crippen LogP contribution in [0.1, 0.15) is 12.5 Å². The molecule has 1 aromatic heterocycles. The zero-order valence-corrected chi connectivity index (χ0v) is 12.6. The summed E-state index contributed by atoms with van der Waals surface area (Å²) in [5, 5.41) is 6.79. The molecule has 2 aromatic rings. The fraction of sp³-hybridized carbons (Fsp3) is 0.286. The Hall–Kier alpha value is -1.95. The molecule has 0 aliphatic rings. The molecule has 1 amide bonds. The highest BCUT2D eigenvalue weighted by atomic mass is 32.2. The number of anilines is 2. The van der Waals surface area contributed by atoms with E-state index in [-0.39, 0.29) is 11.2 Å². The van der Waals surface area contributed by atoms with E-state index in [2.05, 4.69) is 10.4 Å². The Morgan fingerprint density at radius 3 is 2.90 bits per heavy atom. The molecule has 0 fully saturated rings. The molecule has 0 bridgehead atoms. The van der Waals surface area contributed by atoms with Crippen LogP contribution in [0.4, 0.5) is 11.4 Å². The summed E-state index contributed by atoms with van der Waals surface area (Å²) in [5.74, 6) is -0.0486. The van der Waals surface area contributed by atoms with Crippen LogP contribution in [0, 0.1) is 6.92 Å². The second kappa shape index (κ2) is 6.00. The molecule has 2 rings (SSSR count). The minimum absolute atomic E-state index is 0.0486. The minimum Gasteiger partial charge on any atom is -0.399 e. The lowest BCUT2D eigenvalue weighted by Crippen LogP contribution is -2.22. The summed E-state index contributed by atoms with van der Waals surface area (Å²) in [6.07, 6.45) is 3.64. The van der Waals surface area contributed by atoms with Crippen LogP contribution in [0.3, 0.4) is 0 Å². The number of rotatable bonds is 4. The van der Waals surface area contributed by atoms with Crippen molar-refractivity contribution in [1.29, 1.82) is 0 Å². The molecule has 0 radical (unpaired) electrons. The van der Waals surface area contributed by atoms with Crippen LogP contribution in [-0.2, 0) is 11.8 Å². The highest BCUT2D eigenvalue weighted by Crippen LogP contribution is 2.24. The van der Waals surface area contributed by atoms with Gasteiger partial charge >= 0.3 is 0 Å². The van der Waals surface area contributed by atoms with E-state index < -0.39 is 0 Å². The van der Waals surface area contributed by atoms with Gasteiger partial charge in [0.2, 0.25) is 5.91 Å². The topological polar surface area (TPSA) is 72.9 Å². The van der Waals surface area contributed by atoms with Crippen LogP contribution in [-0.4, -0.2) is 20.9 Å². The van der Waals surface area contributed by atoms with Crippen molar-refractivity contribution >= 4 is 29.0 Å². The number of carbonyl (C=O) groups is 1. The van der Waals surface area contributed by atoms with Gasteiger partial charge in [-0.3, -0.25) is 9.48 Å². The summed E-state index contributed by atoms with van der Waals surface area (Å²) < 4.78 is 1.72. The molecule has 1 aromatic carbocycles. The van der Waals surface area contributed by atoms with Crippen LogP contribution in [0.2, 0.25) is 0 Å². The molecule has 0 aliphatic carbocycles. The molecule has 1 unspecified atom stereocenters. The van der Waals surface area contributed by atoms with Crippen molar-refractivity contribution in [2.75, 3.05) is 11.1 Å². The first kappa shape index (κ1) is 14.5. The van der Waals surface area contributed by atoms with Gasteiger partial charge in [0.15, 0.2) is 0 Å². The van der Waals surface area contributed by atoms with E-state index >= 15 is 0 Å². The molecule has 106 valence electrons. The second-order valence-corrected chi connectivity index (χ2v) is 6.09. The summed E-state index contributed by atoms with van der Waals surface area (Å²) >= 11 is 1.48. The van der Waals surface area contributed by atoms with Gasteiger partial charge in [-0.05, 0) is 31.5 Å². The maximum Gasteiger partial charge on any atom is 0.237 e. The van der Waals surface area contributed by atoms with Crippen LogP contribution in [0.5, 0.6) is 0 Å². The van der Waals surface area contributed by atoms with Crippen molar-refractivity contribution in [3.8, 4) is 0 Å². The number of hydrogen-bond acceptors (Lipinski definition) is 4. The second-order valence-electron chi connectivity index (χ2n) is 4.67. The summed E-state index contributed by atoms with van der Waals surface area (Å²) in [7, 11) is 1.85. The fourth-order valence-electron chi connectivity index (χ4n) is 1.73. The fourth-order valence-corrected chi connectivity index (χ4v) is 2.62. The predicted octanol–water partition coefficient (Wildman–Crippen LogP) is 2.43. The Morgan fingerprint density at radius 1 is 1.50 bits per heavy atom. The van der Waals surface area contributed by atoms with E-state index in [9.17, 15) is 4.79 Å². The summed E-state index contributed by atoms with van der Waals surface area (Å²) in [5.41, 5.74) is 8.13. The Kier molecular flexibility index (Phi) is 4.34. The first-order valence-corrected chi connectivity index (χ1v) is 7.16. The SMILES string of the molecule is Cc1ccc(N)cc1NC(=O)C(C)Sc1cnn(C)c1. The van der Waals surface area contributed by atoms with E-state index in [1.54, 1.807) is 16.9 Å². The molecule has 1 atom stereocenters. The molecule has 5 nitrogen and oxygen atoms in total. The summed E-state index contributed by atoms with van der Waals surface area (Å²) in [6, 6.07) is 5.48. The number of carbonyl (C=O) groups excluding carboxylic acids is 1. The first-order valence-electron chi connectivity index (χ1n) is 6.28. The number of hydrogen-bond donors (Lipinski definition) is 2. The number of aryl methyl sites for hydroxylation is 2. The van der Waals surface area contributed by atoms with E-state index in [0.29, 0.717) is 5.69 Å². The minimum atomic E-state index is -0.208. The van der Waals surface area contributed by atoms with Crippen molar-refractivity contribution in [3.05, 3.63) is 36.2 Å². The maximum absolute atomic E-state index is 12.2. The van der Waals surface area contributed by atoms with Gasteiger partial charge in [0.05, 0.1) is 11.4 Å². The van der Waals surface area contributed by atoms with Crippen molar-refractivity contribution in [1.82, 2.24) is 9.78 Å². The molecule has 3 N–H and O–H groups in total. The Morgan fingerprint density at radius 2 is 2.25 bits per heavy atom. The molecule has 6 heteroatoms. The van der Waals surface area contributed by atoms with Gasteiger partial charge in [-0.15, -0.1) is 11.8 Å². The highest BCUT2D eigenvalue weighted by Gasteiger charge is 2.16. The number of amides is 1. The smallest absolute Gasteiger partial charge is 0.237 e. The first-order chi connectivity index (χ1) is 9.45. The number of nitrogens with one attached hydrogen (secondary N) is 1. The lowest BCUT2D eigenvalue weighted by atomic mass is 10.2. The van der Waals surface area contributed by atoms with Crippen molar-refractivity contribution < 1.29 is 4.79 Å². The highest BCUT2D eigenvalue weighted by molar-refractivity contribution is 8.00. The van der Waals surface area contributed by atoms with Crippen molar-refractivity contribution in [2.45, 2.75) is 24.0 Å². The van der Waals surface area contributed by atoms with Gasteiger partial charge < -0.3 is 11.1 Å². The van der Waals surface area contributed by atoms with Gasteiger partial charge in [-0.1, -0.05) is 6.07 Å². The largest absolute Gasteiger partial charge is 0.399 e. The molecule has 0 aliphatic heterocycles. The predicted molar refractivity (Wildman–Crippen MR) is 82.7 cm³/mol. The molecule has 0 saturated heterocycles. The number of nitrogens with two attached hydrogens (primary N) is 1. The number of nitrogen functional groups attached to an aromatic ring is 1. The third-order valence-electron chi connectivity index (χ3n) is 2.88. The standard InChI is InChI=1S/C14H18N4OS/c1-9-4-5-11(15)6-13(9)17-14(19)10(2)20-12-7-16-18(3)8-12/h4-8,10H,15H2,1-3H3,(H,17,19). The zero-order valence-electron chi connectivity index (χ0n) is 11.8. The van der Waals surface area contributed by atoms with Crippen LogP contribution in [0.15, 0.2) is 35.5 Å². The normalized spacial score (nSPS) is 12.2. The van der Waals surface area contributed by atoms with Gasteiger partial charge in [0.1, 0.15) is 0 Å². The average molecular weight is 290 g/mol. The lowest BCUT2D eigenvalue weighted by Gasteiger charge is -2.13. The number of nitrogens with zero attached hydrogens (tertiary/aromatic N) is 2. The lowest BCUT2D eigenvalue weighted by molar-refractivity contribution is -0.115. The molecule has 20 heavy (non-hydrogen) atoms. The third kappa shape index (κ3) is 3.54. The number of benzene rings is 1. The Balaban J connectivity index is 2.02. The maximum atomic E-state index is 12.2. The zero-order chi connectivity index (χ0) is 14.7.